The maximum absolute atomic E-state index is 12.8. The predicted molar refractivity (Wildman–Crippen MR) is 108 cm³/mol. The highest BCUT2D eigenvalue weighted by Gasteiger charge is 2.42. The number of anilines is 1. The molecule has 2 fully saturated rings. The van der Waals surface area contributed by atoms with Crippen LogP contribution < -0.4 is 5.73 Å². The summed E-state index contributed by atoms with van der Waals surface area (Å²) < 4.78 is 0. The number of likely N-dealkylation sites (tertiary alicyclic amines) is 2. The minimum absolute atomic E-state index is 0.0705. The van der Waals surface area contributed by atoms with Gasteiger partial charge in [0.15, 0.2) is 0 Å². The topological polar surface area (TPSA) is 62.5 Å². The van der Waals surface area contributed by atoms with Crippen LogP contribution in [0.4, 0.5) is 5.82 Å². The zero-order valence-corrected chi connectivity index (χ0v) is 16.0. The molecular formula is C22H28N4O. The molecule has 2 aliphatic heterocycles. The van der Waals surface area contributed by atoms with Gasteiger partial charge < -0.3 is 15.5 Å². The fourth-order valence-electron chi connectivity index (χ4n) is 4.87. The first-order valence-electron chi connectivity index (χ1n) is 9.79. The number of rotatable bonds is 2. The Morgan fingerprint density at radius 3 is 2.56 bits per heavy atom. The lowest BCUT2D eigenvalue weighted by Gasteiger charge is -2.49. The molecule has 2 aromatic rings. The van der Waals surface area contributed by atoms with Gasteiger partial charge in [0, 0.05) is 32.4 Å². The van der Waals surface area contributed by atoms with E-state index in [9.17, 15) is 4.79 Å². The third-order valence-corrected chi connectivity index (χ3v) is 6.23. The average molecular weight is 364 g/mol. The van der Waals surface area contributed by atoms with Crippen LogP contribution in [0.1, 0.15) is 41.1 Å². The molecule has 142 valence electrons. The molecule has 1 aromatic carbocycles. The number of hydrogen-bond acceptors (Lipinski definition) is 4. The maximum Gasteiger partial charge on any atom is 0.255 e. The highest BCUT2D eigenvalue weighted by molar-refractivity contribution is 5.94. The van der Waals surface area contributed by atoms with Crippen LogP contribution in [-0.4, -0.2) is 53.9 Å². The summed E-state index contributed by atoms with van der Waals surface area (Å²) in [5.74, 6) is 1.09. The number of amides is 1. The quantitative estimate of drug-likeness (QED) is 0.890. The van der Waals surface area contributed by atoms with Gasteiger partial charge in [-0.3, -0.25) is 4.79 Å². The summed E-state index contributed by atoms with van der Waals surface area (Å²) in [6.07, 6.45) is 4.93. The van der Waals surface area contributed by atoms with Crippen LogP contribution in [0.3, 0.4) is 0 Å². The van der Waals surface area contributed by atoms with Gasteiger partial charge in [0.2, 0.25) is 0 Å². The van der Waals surface area contributed by atoms with Crippen molar-refractivity contribution >= 4 is 11.7 Å². The smallest absolute Gasteiger partial charge is 0.255 e. The Kier molecular flexibility index (Phi) is 4.87. The second kappa shape index (κ2) is 7.31. The minimum atomic E-state index is 0.0705. The SMILES string of the molecule is CN1CC(c2ccccc2)CC2(CCN(C(=O)c3ccc(N)nc3)CC2)C1. The molecule has 1 atom stereocenters. The first-order chi connectivity index (χ1) is 13.0. The summed E-state index contributed by atoms with van der Waals surface area (Å²) in [6, 6.07) is 14.3. The van der Waals surface area contributed by atoms with E-state index in [1.807, 2.05) is 4.90 Å². The van der Waals surface area contributed by atoms with Crippen LogP contribution in [-0.2, 0) is 0 Å². The van der Waals surface area contributed by atoms with Crippen LogP contribution in [0.5, 0.6) is 0 Å². The molecule has 1 unspecified atom stereocenters. The van der Waals surface area contributed by atoms with Crippen LogP contribution in [0, 0.1) is 5.41 Å². The van der Waals surface area contributed by atoms with Crippen LogP contribution >= 0.6 is 0 Å². The Balaban J connectivity index is 1.44. The molecule has 0 radical (unpaired) electrons. The fourth-order valence-corrected chi connectivity index (χ4v) is 4.87. The largest absolute Gasteiger partial charge is 0.384 e. The Labute approximate surface area is 161 Å². The Hall–Kier alpha value is -2.40. The molecule has 1 spiro atoms. The summed E-state index contributed by atoms with van der Waals surface area (Å²) >= 11 is 0. The van der Waals surface area contributed by atoms with Crippen molar-refractivity contribution in [3.63, 3.8) is 0 Å². The van der Waals surface area contributed by atoms with Crippen molar-refractivity contribution in [2.24, 2.45) is 5.41 Å². The Bertz CT molecular complexity index is 782. The van der Waals surface area contributed by atoms with Crippen molar-refractivity contribution in [3.05, 3.63) is 59.8 Å². The number of nitrogens with two attached hydrogens (primary N) is 1. The third-order valence-electron chi connectivity index (χ3n) is 6.23. The molecule has 27 heavy (non-hydrogen) atoms. The number of piperidine rings is 2. The third kappa shape index (κ3) is 3.83. The predicted octanol–water partition coefficient (Wildman–Crippen LogP) is 3.01. The minimum Gasteiger partial charge on any atom is -0.384 e. The van der Waals surface area contributed by atoms with E-state index < -0.39 is 0 Å². The van der Waals surface area contributed by atoms with Gasteiger partial charge in [0.05, 0.1) is 5.56 Å². The molecule has 2 saturated heterocycles. The van der Waals surface area contributed by atoms with Crippen molar-refractivity contribution in [1.82, 2.24) is 14.8 Å². The van der Waals surface area contributed by atoms with Crippen molar-refractivity contribution in [3.8, 4) is 0 Å². The monoisotopic (exact) mass is 364 g/mol. The standard InChI is InChI=1S/C22H28N4O/c1-25-15-19(17-5-3-2-4-6-17)13-22(16-25)9-11-26(12-10-22)21(27)18-7-8-20(23)24-14-18/h2-8,14,19H,9-13,15-16H2,1H3,(H2,23,24). The summed E-state index contributed by atoms with van der Waals surface area (Å²) in [6.45, 7) is 3.88. The fraction of sp³-hybridized carbons (Fsp3) is 0.455. The molecule has 0 aliphatic carbocycles. The zero-order chi connectivity index (χ0) is 18.9. The number of aromatic nitrogens is 1. The number of likely N-dealkylation sites (N-methyl/N-ethyl adjacent to an activating group) is 1. The van der Waals surface area contributed by atoms with E-state index in [4.69, 9.17) is 5.73 Å². The molecule has 4 rings (SSSR count). The number of carbonyl (C=O) groups excluding carboxylic acids is 1. The van der Waals surface area contributed by atoms with E-state index in [1.54, 1.807) is 18.3 Å². The second-order valence-electron chi connectivity index (χ2n) is 8.27. The molecule has 1 aromatic heterocycles. The van der Waals surface area contributed by atoms with Crippen molar-refractivity contribution in [1.29, 1.82) is 0 Å². The lowest BCUT2D eigenvalue weighted by Crippen LogP contribution is -2.51. The molecule has 1 amide bonds. The lowest BCUT2D eigenvalue weighted by atomic mass is 9.68. The molecule has 3 heterocycles. The first kappa shape index (κ1) is 18.0. The molecule has 2 N–H and O–H groups in total. The van der Waals surface area contributed by atoms with Crippen molar-refractivity contribution in [2.75, 3.05) is 39.0 Å². The number of hydrogen-bond donors (Lipinski definition) is 1. The molecule has 0 saturated carbocycles. The molecule has 5 heteroatoms. The second-order valence-corrected chi connectivity index (χ2v) is 8.27. The number of pyridine rings is 1. The number of benzene rings is 1. The molecule has 2 aliphatic rings. The van der Waals surface area contributed by atoms with E-state index in [1.165, 1.54) is 12.0 Å². The van der Waals surface area contributed by atoms with Crippen molar-refractivity contribution < 1.29 is 4.79 Å². The van der Waals surface area contributed by atoms with Gasteiger partial charge >= 0.3 is 0 Å². The molecular weight excluding hydrogens is 336 g/mol. The van der Waals surface area contributed by atoms with Crippen LogP contribution in [0.2, 0.25) is 0 Å². The first-order valence-corrected chi connectivity index (χ1v) is 9.79. The van der Waals surface area contributed by atoms with Crippen LogP contribution in [0.25, 0.3) is 0 Å². The van der Waals surface area contributed by atoms with Gasteiger partial charge in [-0.15, -0.1) is 0 Å². The van der Waals surface area contributed by atoms with Gasteiger partial charge in [-0.25, -0.2) is 4.98 Å². The van der Waals surface area contributed by atoms with E-state index in [2.05, 4.69) is 47.3 Å². The Morgan fingerprint density at radius 1 is 1.15 bits per heavy atom. The molecule has 0 bridgehead atoms. The van der Waals surface area contributed by atoms with E-state index in [-0.39, 0.29) is 5.91 Å². The highest BCUT2D eigenvalue weighted by atomic mass is 16.2. The Morgan fingerprint density at radius 2 is 1.89 bits per heavy atom. The van der Waals surface area contributed by atoms with Gasteiger partial charge in [-0.05, 0) is 55.3 Å². The van der Waals surface area contributed by atoms with Gasteiger partial charge in [-0.2, -0.15) is 0 Å². The van der Waals surface area contributed by atoms with Gasteiger partial charge in [-0.1, -0.05) is 30.3 Å². The highest BCUT2D eigenvalue weighted by Crippen LogP contribution is 2.44. The maximum atomic E-state index is 12.8. The normalized spacial score (nSPS) is 22.7. The lowest BCUT2D eigenvalue weighted by molar-refractivity contribution is 0.0224. The number of nitrogens with zero attached hydrogens (tertiary/aromatic N) is 3. The van der Waals surface area contributed by atoms with Crippen LogP contribution in [0.15, 0.2) is 48.7 Å². The summed E-state index contributed by atoms with van der Waals surface area (Å²) in [5, 5.41) is 0. The van der Waals surface area contributed by atoms with E-state index in [0.29, 0.717) is 22.7 Å². The number of carbonyl (C=O) groups is 1. The summed E-state index contributed by atoms with van der Waals surface area (Å²) in [4.78, 5) is 21.3. The van der Waals surface area contributed by atoms with E-state index in [0.717, 1.165) is 39.0 Å². The average Bonchev–Trinajstić information content (AvgIpc) is 2.69. The zero-order valence-electron chi connectivity index (χ0n) is 16.0. The van der Waals surface area contributed by atoms with Gasteiger partial charge in [0.25, 0.3) is 5.91 Å². The number of nitrogen functional groups attached to an aromatic ring is 1. The summed E-state index contributed by atoms with van der Waals surface area (Å²) in [5.41, 5.74) is 8.01. The van der Waals surface area contributed by atoms with E-state index >= 15 is 0 Å². The van der Waals surface area contributed by atoms with Crippen molar-refractivity contribution in [2.45, 2.75) is 25.2 Å². The summed E-state index contributed by atoms with van der Waals surface area (Å²) in [7, 11) is 2.23. The molecule has 5 nitrogen and oxygen atoms in total. The van der Waals surface area contributed by atoms with Gasteiger partial charge in [0.1, 0.15) is 5.82 Å².